The first kappa shape index (κ1) is 35.2. The van der Waals surface area contributed by atoms with Crippen molar-refractivity contribution in [1.29, 1.82) is 0 Å². The summed E-state index contributed by atoms with van der Waals surface area (Å²) in [6.07, 6.45) is -0.370. The van der Waals surface area contributed by atoms with Crippen LogP contribution in [-0.4, -0.2) is 109 Å². The second kappa shape index (κ2) is 13.4. The van der Waals surface area contributed by atoms with Crippen molar-refractivity contribution in [3.63, 3.8) is 0 Å². The number of nitrogens with zero attached hydrogens (tertiary/aromatic N) is 4. The van der Waals surface area contributed by atoms with Gasteiger partial charge in [0.25, 0.3) is 0 Å². The van der Waals surface area contributed by atoms with Crippen molar-refractivity contribution < 1.29 is 40.6 Å². The quantitative estimate of drug-likeness (QED) is 0.388. The van der Waals surface area contributed by atoms with Gasteiger partial charge in [-0.2, -0.15) is 22.5 Å². The van der Waals surface area contributed by atoms with Crippen molar-refractivity contribution in [1.82, 2.24) is 29.8 Å². The number of aromatic nitrogens is 2. The van der Waals surface area contributed by atoms with E-state index in [1.807, 2.05) is 6.92 Å². The van der Waals surface area contributed by atoms with Crippen molar-refractivity contribution >= 4 is 22.1 Å². The molecule has 262 valence electrons. The highest BCUT2D eigenvalue weighted by Gasteiger charge is 2.45. The summed E-state index contributed by atoms with van der Waals surface area (Å²) in [6.45, 7) is 11.2. The van der Waals surface area contributed by atoms with Gasteiger partial charge in [-0.05, 0) is 59.6 Å². The van der Waals surface area contributed by atoms with Crippen LogP contribution in [0.25, 0.3) is 0 Å². The Morgan fingerprint density at radius 1 is 1.21 bits per heavy atom. The molecule has 2 unspecified atom stereocenters. The van der Waals surface area contributed by atoms with Crippen LogP contribution in [0.15, 0.2) is 29.0 Å². The van der Waals surface area contributed by atoms with Gasteiger partial charge in [0.15, 0.2) is 0 Å². The molecule has 0 radical (unpaired) electrons. The van der Waals surface area contributed by atoms with Crippen LogP contribution in [0.4, 0.5) is 23.9 Å². The molecule has 5 heterocycles. The van der Waals surface area contributed by atoms with Crippen LogP contribution in [0, 0.1) is 0 Å². The molecule has 0 saturated carbocycles. The van der Waals surface area contributed by atoms with Crippen molar-refractivity contribution in [2.75, 3.05) is 51.3 Å². The van der Waals surface area contributed by atoms with Crippen LogP contribution in [-0.2, 0) is 25.7 Å². The number of sulfonamides is 1. The van der Waals surface area contributed by atoms with Crippen LogP contribution in [0.5, 0.6) is 5.88 Å². The molecule has 3 fully saturated rings. The highest BCUT2D eigenvalue weighted by atomic mass is 32.2. The van der Waals surface area contributed by atoms with Gasteiger partial charge in [0, 0.05) is 57.1 Å². The fourth-order valence-electron chi connectivity index (χ4n) is 6.25. The lowest BCUT2D eigenvalue weighted by Crippen LogP contribution is -2.67. The van der Waals surface area contributed by atoms with Crippen molar-refractivity contribution in [2.45, 2.75) is 89.4 Å². The van der Waals surface area contributed by atoms with E-state index in [0.717, 1.165) is 0 Å². The Kier molecular flexibility index (Phi) is 10.0. The number of amides is 1. The number of halogens is 3. The number of carbonyl (C=O) groups excluding carboxylic acids is 1. The highest BCUT2D eigenvalue weighted by molar-refractivity contribution is 7.93. The number of carbonyl (C=O) groups is 1. The number of hydrogen-bond donors (Lipinski definition) is 3. The lowest BCUT2D eigenvalue weighted by molar-refractivity contribution is -0.139. The molecule has 1 aromatic rings. The van der Waals surface area contributed by atoms with Crippen LogP contribution < -0.4 is 20.7 Å². The van der Waals surface area contributed by atoms with Gasteiger partial charge in [-0.15, -0.1) is 0 Å². The molecule has 1 aromatic heterocycles. The van der Waals surface area contributed by atoms with E-state index in [9.17, 15) is 26.4 Å². The minimum Gasteiger partial charge on any atom is -0.471 e. The molecule has 0 spiro atoms. The molecule has 17 heteroatoms. The van der Waals surface area contributed by atoms with Gasteiger partial charge in [-0.1, -0.05) is 0 Å². The Bertz CT molecular complexity index is 1490. The molecule has 1 amide bonds. The fraction of sp³-hybridized carbons (Fsp3) is 0.700. The number of nitrogens with one attached hydrogen (secondary N) is 3. The van der Waals surface area contributed by atoms with Gasteiger partial charge in [0.05, 0.1) is 29.7 Å². The maximum absolute atomic E-state index is 14.1. The van der Waals surface area contributed by atoms with Gasteiger partial charge >= 0.3 is 12.3 Å². The van der Waals surface area contributed by atoms with E-state index in [1.165, 1.54) is 4.31 Å². The summed E-state index contributed by atoms with van der Waals surface area (Å²) >= 11 is 0. The van der Waals surface area contributed by atoms with Crippen LogP contribution in [0.1, 0.15) is 59.4 Å². The zero-order valence-corrected chi connectivity index (χ0v) is 28.1. The van der Waals surface area contributed by atoms with E-state index in [4.69, 9.17) is 14.2 Å². The van der Waals surface area contributed by atoms with Gasteiger partial charge in [-0.3, -0.25) is 4.90 Å². The molecule has 4 aliphatic heterocycles. The lowest BCUT2D eigenvalue weighted by atomic mass is 9.87. The summed E-state index contributed by atoms with van der Waals surface area (Å²) in [5, 5.41) is 9.71. The molecular weight excluding hydrogens is 643 g/mol. The Balaban J connectivity index is 1.34. The molecule has 0 bridgehead atoms. The predicted molar refractivity (Wildman–Crippen MR) is 167 cm³/mol. The minimum atomic E-state index is -4.72. The average Bonchev–Trinajstić information content (AvgIpc) is 3.48. The Labute approximate surface area is 273 Å². The Hall–Kier alpha value is -3.15. The van der Waals surface area contributed by atoms with E-state index in [0.29, 0.717) is 57.4 Å². The second-order valence-corrected chi connectivity index (χ2v) is 15.5. The number of rotatable bonds is 7. The van der Waals surface area contributed by atoms with Crippen molar-refractivity contribution in [3.8, 4) is 5.88 Å². The third kappa shape index (κ3) is 8.29. The fourth-order valence-corrected chi connectivity index (χ4v) is 8.01. The third-order valence-electron chi connectivity index (χ3n) is 8.41. The third-order valence-corrected chi connectivity index (χ3v) is 10.3. The molecule has 13 nitrogen and oxygen atoms in total. The Morgan fingerprint density at radius 2 is 1.98 bits per heavy atom. The molecule has 0 aromatic carbocycles. The van der Waals surface area contributed by atoms with Gasteiger partial charge in [-0.25, -0.2) is 18.2 Å². The van der Waals surface area contributed by atoms with Crippen LogP contribution in [0.3, 0.4) is 0 Å². The molecule has 0 aliphatic carbocycles. The second-order valence-electron chi connectivity index (χ2n) is 13.5. The Morgan fingerprint density at radius 3 is 2.66 bits per heavy atom. The normalized spacial score (nSPS) is 27.8. The standard InChI is InChI=1S/C30H44F3N7O6S/c1-19-13-22(14-29(5,38-19)24-16-34-9-11-40(24)27(41)46-28(2,3)4)47(42,43)39-10-6-7-20(17-39)36-26-35-15-23(30(31,32)33)25(37-26)45-21-8-12-44-18-21/h13-15,20-21,24,34,38H,6-12,16-18H2,1-5H3,(H,35,36,37)/t20?,21-,24-,29?/m0/s1. The smallest absolute Gasteiger partial charge is 0.423 e. The molecule has 47 heavy (non-hydrogen) atoms. The van der Waals surface area contributed by atoms with Crippen molar-refractivity contribution in [2.24, 2.45) is 0 Å². The minimum absolute atomic E-state index is 0.0444. The molecular formula is C30H44F3N7O6S. The number of piperidine rings is 1. The molecule has 4 atom stereocenters. The number of allylic oxidation sites excluding steroid dienone is 2. The summed E-state index contributed by atoms with van der Waals surface area (Å²) in [7, 11) is -4.01. The summed E-state index contributed by atoms with van der Waals surface area (Å²) in [4.78, 5) is 22.8. The molecule has 3 N–H and O–H groups in total. The summed E-state index contributed by atoms with van der Waals surface area (Å²) in [5.74, 6) is -0.684. The first-order valence-electron chi connectivity index (χ1n) is 15.8. The summed E-state index contributed by atoms with van der Waals surface area (Å²) in [5.41, 5.74) is -2.12. The number of piperazine rings is 1. The van der Waals surface area contributed by atoms with Crippen molar-refractivity contribution in [3.05, 3.63) is 34.5 Å². The summed E-state index contributed by atoms with van der Waals surface area (Å²) in [6, 6.07) is -0.929. The first-order valence-corrected chi connectivity index (χ1v) is 17.2. The van der Waals surface area contributed by atoms with E-state index in [2.05, 4.69) is 25.9 Å². The molecule has 4 aliphatic rings. The molecule has 3 saturated heterocycles. The van der Waals surface area contributed by atoms with E-state index < -0.39 is 63.1 Å². The maximum atomic E-state index is 14.1. The average molecular weight is 688 g/mol. The molecule has 5 rings (SSSR count). The predicted octanol–water partition coefficient (Wildman–Crippen LogP) is 3.23. The zero-order chi connectivity index (χ0) is 34.2. The van der Waals surface area contributed by atoms with E-state index in [1.54, 1.807) is 44.7 Å². The number of ether oxygens (including phenoxy) is 3. The zero-order valence-electron chi connectivity index (χ0n) is 27.3. The van der Waals surface area contributed by atoms with E-state index >= 15 is 0 Å². The summed E-state index contributed by atoms with van der Waals surface area (Å²) < 4.78 is 87.0. The number of dihydropyridines is 1. The van der Waals surface area contributed by atoms with Crippen LogP contribution in [0.2, 0.25) is 0 Å². The SMILES string of the molecule is CC1=CC(S(=O)(=O)N2CCCC(Nc3ncc(C(F)(F)F)c(O[C@H]4CCOC4)n3)C2)=CC(C)([C@@H]2CNCCN2C(=O)OC(C)(C)C)N1. The van der Waals surface area contributed by atoms with Gasteiger partial charge < -0.3 is 30.2 Å². The monoisotopic (exact) mass is 687 g/mol. The van der Waals surface area contributed by atoms with E-state index in [-0.39, 0.29) is 30.5 Å². The largest absolute Gasteiger partial charge is 0.471 e. The van der Waals surface area contributed by atoms with Gasteiger partial charge in [0.1, 0.15) is 17.3 Å². The maximum Gasteiger partial charge on any atom is 0.423 e. The highest BCUT2D eigenvalue weighted by Crippen LogP contribution is 2.36. The number of alkyl halides is 3. The number of hydrogen-bond acceptors (Lipinski definition) is 11. The first-order chi connectivity index (χ1) is 21.9. The van der Waals surface area contributed by atoms with Gasteiger partial charge in [0.2, 0.25) is 21.9 Å². The topological polar surface area (TPSA) is 147 Å². The lowest BCUT2D eigenvalue weighted by Gasteiger charge is -2.47. The van der Waals surface area contributed by atoms with Crippen LogP contribution >= 0.6 is 0 Å². The number of anilines is 1.